The standard InChI is InChI=1S/C28H33NO6/c1-29-12-6-5-7-19(29)17-33-21-14-22(30)28-23(31)16-25(35-27(28)15-21)18-10-11-24(32-2)26(13-18)34-20-8-3-4-9-20/h10-11,13-16,19-20,30H,3-9,12,17H2,1-2H3. The summed E-state index contributed by atoms with van der Waals surface area (Å²) >= 11 is 0. The molecule has 1 aliphatic heterocycles. The van der Waals surface area contributed by atoms with E-state index in [-0.39, 0.29) is 28.3 Å². The molecule has 7 nitrogen and oxygen atoms in total. The fourth-order valence-corrected chi connectivity index (χ4v) is 5.12. The molecular weight excluding hydrogens is 446 g/mol. The largest absolute Gasteiger partial charge is 0.507 e. The Hall–Kier alpha value is -3.19. The molecule has 2 fully saturated rings. The van der Waals surface area contributed by atoms with E-state index in [9.17, 15) is 9.90 Å². The zero-order valence-electron chi connectivity index (χ0n) is 20.4. The number of rotatable bonds is 7. The van der Waals surface area contributed by atoms with Crippen LogP contribution < -0.4 is 19.6 Å². The Bertz CT molecular complexity index is 1250. The number of hydrogen-bond donors (Lipinski definition) is 1. The van der Waals surface area contributed by atoms with Crippen molar-refractivity contribution in [3.63, 3.8) is 0 Å². The minimum atomic E-state index is -0.314. The van der Waals surface area contributed by atoms with Crippen molar-refractivity contribution in [2.75, 3.05) is 27.3 Å². The van der Waals surface area contributed by atoms with Crippen LogP contribution in [0.3, 0.4) is 0 Å². The van der Waals surface area contributed by atoms with E-state index in [2.05, 4.69) is 11.9 Å². The average molecular weight is 480 g/mol. The van der Waals surface area contributed by atoms with Crippen molar-refractivity contribution in [3.8, 4) is 34.3 Å². The zero-order valence-corrected chi connectivity index (χ0v) is 20.4. The lowest BCUT2D eigenvalue weighted by molar-refractivity contribution is 0.125. The summed E-state index contributed by atoms with van der Waals surface area (Å²) in [7, 11) is 3.72. The lowest BCUT2D eigenvalue weighted by Crippen LogP contribution is -2.40. The number of likely N-dealkylation sites (N-methyl/N-ethyl adjacent to an activating group) is 1. The van der Waals surface area contributed by atoms with Crippen LogP contribution in [0.25, 0.3) is 22.3 Å². The van der Waals surface area contributed by atoms with Crippen molar-refractivity contribution < 1.29 is 23.7 Å². The number of nitrogens with zero attached hydrogens (tertiary/aromatic N) is 1. The van der Waals surface area contributed by atoms with Crippen molar-refractivity contribution in [2.45, 2.75) is 57.1 Å². The summed E-state index contributed by atoms with van der Waals surface area (Å²) in [5, 5.41) is 10.7. The zero-order chi connectivity index (χ0) is 24.4. The van der Waals surface area contributed by atoms with E-state index in [4.69, 9.17) is 18.6 Å². The molecular formula is C28H33NO6. The molecule has 1 N–H and O–H groups in total. The van der Waals surface area contributed by atoms with Crippen LogP contribution in [-0.2, 0) is 0 Å². The number of aromatic hydroxyl groups is 1. The Morgan fingerprint density at radius 3 is 2.60 bits per heavy atom. The maximum Gasteiger partial charge on any atom is 0.197 e. The number of piperidine rings is 1. The molecule has 7 heteroatoms. The van der Waals surface area contributed by atoms with Gasteiger partial charge in [-0.15, -0.1) is 0 Å². The highest BCUT2D eigenvalue weighted by Crippen LogP contribution is 2.37. The first-order valence-electron chi connectivity index (χ1n) is 12.5. The smallest absolute Gasteiger partial charge is 0.197 e. The molecule has 2 heterocycles. The van der Waals surface area contributed by atoms with Crippen LogP contribution in [0.5, 0.6) is 23.0 Å². The Morgan fingerprint density at radius 1 is 1.03 bits per heavy atom. The van der Waals surface area contributed by atoms with E-state index in [0.29, 0.717) is 41.2 Å². The third-order valence-electron chi connectivity index (χ3n) is 7.19. The van der Waals surface area contributed by atoms with E-state index in [1.54, 1.807) is 13.2 Å². The van der Waals surface area contributed by atoms with Gasteiger partial charge >= 0.3 is 0 Å². The van der Waals surface area contributed by atoms with E-state index < -0.39 is 0 Å². The first kappa shape index (κ1) is 23.5. The summed E-state index contributed by atoms with van der Waals surface area (Å²) in [5.74, 6) is 2.01. The lowest BCUT2D eigenvalue weighted by atomic mass is 10.0. The molecule has 0 spiro atoms. The highest BCUT2D eigenvalue weighted by molar-refractivity contribution is 5.86. The summed E-state index contributed by atoms with van der Waals surface area (Å²) in [6, 6.07) is 10.4. The second-order valence-corrected chi connectivity index (χ2v) is 9.62. The van der Waals surface area contributed by atoms with Crippen LogP contribution in [-0.4, -0.2) is 49.5 Å². The van der Waals surface area contributed by atoms with Gasteiger partial charge in [0.2, 0.25) is 0 Å². The SMILES string of the molecule is COc1ccc(-c2cc(=O)c3c(O)cc(OCC4CCCCN4C)cc3o2)cc1OC1CCCC1. The van der Waals surface area contributed by atoms with Crippen LogP contribution in [0.4, 0.5) is 0 Å². The number of ether oxygens (including phenoxy) is 3. The second-order valence-electron chi connectivity index (χ2n) is 9.62. The highest BCUT2D eigenvalue weighted by Gasteiger charge is 2.21. The predicted molar refractivity (Wildman–Crippen MR) is 135 cm³/mol. The molecule has 1 atom stereocenters. The first-order valence-corrected chi connectivity index (χ1v) is 12.5. The molecule has 35 heavy (non-hydrogen) atoms. The summed E-state index contributed by atoms with van der Waals surface area (Å²) in [6.07, 6.45) is 8.02. The Balaban J connectivity index is 1.45. The molecule has 1 saturated carbocycles. The predicted octanol–water partition coefficient (Wildman–Crippen LogP) is 5.36. The monoisotopic (exact) mass is 479 g/mol. The number of benzene rings is 2. The van der Waals surface area contributed by atoms with Gasteiger partial charge in [0.1, 0.15) is 34.8 Å². The van der Waals surface area contributed by atoms with Gasteiger partial charge in [-0.1, -0.05) is 6.42 Å². The van der Waals surface area contributed by atoms with E-state index in [0.717, 1.165) is 38.6 Å². The molecule has 1 saturated heterocycles. The molecule has 2 aromatic carbocycles. The average Bonchev–Trinajstić information content (AvgIpc) is 3.36. The molecule has 3 aromatic rings. The summed E-state index contributed by atoms with van der Waals surface area (Å²) < 4.78 is 23.8. The lowest BCUT2D eigenvalue weighted by Gasteiger charge is -2.32. The normalized spacial score (nSPS) is 19.2. The second kappa shape index (κ2) is 10.2. The van der Waals surface area contributed by atoms with Crippen molar-refractivity contribution >= 4 is 11.0 Å². The van der Waals surface area contributed by atoms with Gasteiger partial charge in [0, 0.05) is 29.8 Å². The Labute approximate surface area is 205 Å². The highest BCUT2D eigenvalue weighted by atomic mass is 16.5. The van der Waals surface area contributed by atoms with Crippen LogP contribution in [0.2, 0.25) is 0 Å². The van der Waals surface area contributed by atoms with Crippen LogP contribution in [0, 0.1) is 0 Å². The third-order valence-corrected chi connectivity index (χ3v) is 7.19. The van der Waals surface area contributed by atoms with Crippen molar-refractivity contribution in [3.05, 3.63) is 46.6 Å². The maximum absolute atomic E-state index is 12.9. The number of methoxy groups -OCH3 is 1. The Kier molecular flexibility index (Phi) is 6.86. The molecule has 0 radical (unpaired) electrons. The van der Waals surface area contributed by atoms with E-state index in [1.807, 2.05) is 18.2 Å². The summed E-state index contributed by atoms with van der Waals surface area (Å²) in [4.78, 5) is 15.2. The minimum absolute atomic E-state index is 0.144. The number of fused-ring (bicyclic) bond motifs is 1. The first-order chi connectivity index (χ1) is 17.0. The molecule has 0 amide bonds. The fraction of sp³-hybridized carbons (Fsp3) is 0.464. The number of hydrogen-bond acceptors (Lipinski definition) is 7. The molecule has 186 valence electrons. The van der Waals surface area contributed by atoms with Crippen LogP contribution >= 0.6 is 0 Å². The fourth-order valence-electron chi connectivity index (χ4n) is 5.12. The number of likely N-dealkylation sites (tertiary alicyclic amines) is 1. The maximum atomic E-state index is 12.9. The summed E-state index contributed by atoms with van der Waals surface area (Å²) in [6.45, 7) is 1.58. The number of phenolic OH excluding ortho intramolecular Hbond substituents is 1. The topological polar surface area (TPSA) is 81.4 Å². The number of phenols is 1. The van der Waals surface area contributed by atoms with Gasteiger partial charge in [-0.25, -0.2) is 0 Å². The van der Waals surface area contributed by atoms with Gasteiger partial charge in [-0.05, 0) is 70.3 Å². The third kappa shape index (κ3) is 5.10. The van der Waals surface area contributed by atoms with Gasteiger partial charge in [0.15, 0.2) is 16.9 Å². The molecule has 0 bridgehead atoms. The molecule has 2 aliphatic rings. The quantitative estimate of drug-likeness (QED) is 0.489. The molecule has 1 unspecified atom stereocenters. The van der Waals surface area contributed by atoms with Crippen LogP contribution in [0.1, 0.15) is 44.9 Å². The molecule has 5 rings (SSSR count). The van der Waals surface area contributed by atoms with Crippen molar-refractivity contribution in [1.82, 2.24) is 4.90 Å². The van der Waals surface area contributed by atoms with Gasteiger partial charge in [-0.3, -0.25) is 4.79 Å². The summed E-state index contributed by atoms with van der Waals surface area (Å²) in [5.41, 5.74) is 0.674. The van der Waals surface area contributed by atoms with E-state index >= 15 is 0 Å². The minimum Gasteiger partial charge on any atom is -0.507 e. The van der Waals surface area contributed by atoms with Gasteiger partial charge in [0.05, 0.1) is 13.2 Å². The van der Waals surface area contributed by atoms with Crippen molar-refractivity contribution in [2.24, 2.45) is 0 Å². The van der Waals surface area contributed by atoms with Gasteiger partial charge in [0.25, 0.3) is 0 Å². The molecule has 1 aliphatic carbocycles. The van der Waals surface area contributed by atoms with Gasteiger partial charge < -0.3 is 28.6 Å². The van der Waals surface area contributed by atoms with Crippen molar-refractivity contribution in [1.29, 1.82) is 0 Å². The van der Waals surface area contributed by atoms with Crippen LogP contribution in [0.15, 0.2) is 45.6 Å². The van der Waals surface area contributed by atoms with Gasteiger partial charge in [-0.2, -0.15) is 0 Å². The van der Waals surface area contributed by atoms with E-state index in [1.165, 1.54) is 25.0 Å². The Morgan fingerprint density at radius 2 is 1.83 bits per heavy atom. The molecule has 1 aromatic heterocycles.